The van der Waals surface area contributed by atoms with Crippen molar-refractivity contribution in [1.29, 1.82) is 0 Å². The molecule has 6 nitrogen and oxygen atoms in total. The van der Waals surface area contributed by atoms with Crippen molar-refractivity contribution in [1.82, 2.24) is 15.7 Å². The zero-order valence-electron chi connectivity index (χ0n) is 16.4. The van der Waals surface area contributed by atoms with Crippen LogP contribution in [0.15, 0.2) is 60.7 Å². The summed E-state index contributed by atoms with van der Waals surface area (Å²) in [5.74, 6) is -0.237. The third-order valence-electron chi connectivity index (χ3n) is 5.19. The minimum Gasteiger partial charge on any atom is -0.352 e. The molecule has 1 saturated heterocycles. The van der Waals surface area contributed by atoms with E-state index in [-0.39, 0.29) is 5.91 Å². The SMILES string of the molecule is O=C(C=Cc1cccc(C(=O)NCC2CCN(Cc3ccccc3)CC2)c1)NO. The molecule has 1 aliphatic rings. The molecule has 2 aromatic rings. The van der Waals surface area contributed by atoms with Gasteiger partial charge in [-0.05, 0) is 61.2 Å². The van der Waals surface area contributed by atoms with Crippen molar-refractivity contribution >= 4 is 17.9 Å². The van der Waals surface area contributed by atoms with Crippen LogP contribution in [0.25, 0.3) is 6.08 Å². The summed E-state index contributed by atoms with van der Waals surface area (Å²) in [6.07, 6.45) is 4.91. The van der Waals surface area contributed by atoms with Crippen LogP contribution in [0.1, 0.15) is 34.3 Å². The first-order chi connectivity index (χ1) is 14.1. The molecule has 2 aromatic carbocycles. The Kier molecular flexibility index (Phi) is 7.55. The molecule has 0 saturated carbocycles. The molecule has 2 amide bonds. The van der Waals surface area contributed by atoms with Crippen LogP contribution in [-0.2, 0) is 11.3 Å². The Hall–Kier alpha value is -2.96. The fraction of sp³-hybridized carbons (Fsp3) is 0.304. The van der Waals surface area contributed by atoms with Crippen molar-refractivity contribution in [3.63, 3.8) is 0 Å². The highest BCUT2D eigenvalue weighted by atomic mass is 16.5. The van der Waals surface area contributed by atoms with Gasteiger partial charge in [0.25, 0.3) is 11.8 Å². The van der Waals surface area contributed by atoms with E-state index in [1.807, 2.05) is 6.07 Å². The number of hydrogen-bond donors (Lipinski definition) is 3. The van der Waals surface area contributed by atoms with Crippen LogP contribution in [0.5, 0.6) is 0 Å². The number of likely N-dealkylation sites (tertiary alicyclic amines) is 1. The van der Waals surface area contributed by atoms with E-state index in [1.165, 1.54) is 17.1 Å². The fourth-order valence-electron chi connectivity index (χ4n) is 3.52. The molecule has 29 heavy (non-hydrogen) atoms. The van der Waals surface area contributed by atoms with E-state index in [2.05, 4.69) is 34.5 Å². The van der Waals surface area contributed by atoms with Crippen molar-refractivity contribution in [3.05, 3.63) is 77.4 Å². The standard InChI is InChI=1S/C23H27N3O3/c27-22(25-29)10-9-18-7-4-8-21(15-18)23(28)24-16-19-11-13-26(14-12-19)17-20-5-2-1-3-6-20/h1-10,15,19,29H,11-14,16-17H2,(H,24,28)(H,25,27). The molecule has 1 fully saturated rings. The molecule has 1 aliphatic heterocycles. The second kappa shape index (κ2) is 10.5. The van der Waals surface area contributed by atoms with E-state index in [0.29, 0.717) is 18.0 Å². The Bertz CT molecular complexity index is 843. The average molecular weight is 393 g/mol. The van der Waals surface area contributed by atoms with Crippen molar-refractivity contribution in [3.8, 4) is 0 Å². The third kappa shape index (κ3) is 6.55. The van der Waals surface area contributed by atoms with Gasteiger partial charge in [-0.3, -0.25) is 19.7 Å². The Balaban J connectivity index is 1.44. The predicted octanol–water partition coefficient (Wildman–Crippen LogP) is 2.85. The molecule has 0 spiro atoms. The lowest BCUT2D eigenvalue weighted by molar-refractivity contribution is -0.124. The maximum Gasteiger partial charge on any atom is 0.267 e. The number of nitrogens with one attached hydrogen (secondary N) is 2. The number of amides is 2. The van der Waals surface area contributed by atoms with Crippen molar-refractivity contribution < 1.29 is 14.8 Å². The first-order valence-electron chi connectivity index (χ1n) is 9.91. The lowest BCUT2D eigenvalue weighted by Gasteiger charge is -2.32. The molecule has 3 N–H and O–H groups in total. The minimum absolute atomic E-state index is 0.112. The van der Waals surface area contributed by atoms with Crippen molar-refractivity contribution in [2.24, 2.45) is 5.92 Å². The van der Waals surface area contributed by atoms with E-state index in [4.69, 9.17) is 5.21 Å². The first kappa shape index (κ1) is 20.8. The lowest BCUT2D eigenvalue weighted by Crippen LogP contribution is -2.38. The average Bonchev–Trinajstić information content (AvgIpc) is 2.77. The molecule has 0 unspecified atom stereocenters. The van der Waals surface area contributed by atoms with E-state index in [1.54, 1.807) is 30.3 Å². The molecule has 0 aromatic heterocycles. The number of rotatable bonds is 7. The Morgan fingerprint density at radius 3 is 2.55 bits per heavy atom. The zero-order valence-corrected chi connectivity index (χ0v) is 16.4. The number of piperidine rings is 1. The van der Waals surface area contributed by atoms with Gasteiger partial charge in [0.15, 0.2) is 0 Å². The maximum absolute atomic E-state index is 12.5. The van der Waals surface area contributed by atoms with Gasteiger partial charge in [-0.15, -0.1) is 0 Å². The highest BCUT2D eigenvalue weighted by Gasteiger charge is 2.20. The summed E-state index contributed by atoms with van der Waals surface area (Å²) in [6.45, 7) is 3.74. The molecule has 152 valence electrons. The molecule has 1 heterocycles. The summed E-state index contributed by atoms with van der Waals surface area (Å²) in [6, 6.07) is 17.5. The first-order valence-corrected chi connectivity index (χ1v) is 9.91. The van der Waals surface area contributed by atoms with Gasteiger partial charge in [-0.2, -0.15) is 0 Å². The largest absolute Gasteiger partial charge is 0.352 e. The Morgan fingerprint density at radius 1 is 1.07 bits per heavy atom. The van der Waals surface area contributed by atoms with Gasteiger partial charge in [0.1, 0.15) is 0 Å². The topological polar surface area (TPSA) is 81.7 Å². The third-order valence-corrected chi connectivity index (χ3v) is 5.19. The van der Waals surface area contributed by atoms with E-state index in [0.717, 1.165) is 38.0 Å². The highest BCUT2D eigenvalue weighted by molar-refractivity contribution is 5.95. The number of benzene rings is 2. The van der Waals surface area contributed by atoms with Crippen LogP contribution in [0.2, 0.25) is 0 Å². The fourth-order valence-corrected chi connectivity index (χ4v) is 3.52. The van der Waals surface area contributed by atoms with Gasteiger partial charge in [-0.1, -0.05) is 42.5 Å². The normalized spacial score (nSPS) is 15.3. The second-order valence-electron chi connectivity index (χ2n) is 7.35. The van der Waals surface area contributed by atoms with E-state index < -0.39 is 5.91 Å². The molecule has 0 bridgehead atoms. The van der Waals surface area contributed by atoms with E-state index in [9.17, 15) is 9.59 Å². The van der Waals surface area contributed by atoms with Crippen LogP contribution in [0.4, 0.5) is 0 Å². The zero-order chi connectivity index (χ0) is 20.5. The van der Waals surface area contributed by atoms with Crippen LogP contribution in [0.3, 0.4) is 0 Å². The van der Waals surface area contributed by atoms with Crippen LogP contribution in [0, 0.1) is 5.92 Å². The van der Waals surface area contributed by atoms with Gasteiger partial charge in [0.05, 0.1) is 0 Å². The van der Waals surface area contributed by atoms with Gasteiger partial charge in [0.2, 0.25) is 0 Å². The van der Waals surface area contributed by atoms with Gasteiger partial charge in [-0.25, -0.2) is 5.48 Å². The Labute approximate surface area is 171 Å². The number of carbonyl (C=O) groups excluding carboxylic acids is 2. The molecular formula is C23H27N3O3. The second-order valence-corrected chi connectivity index (χ2v) is 7.35. The highest BCUT2D eigenvalue weighted by Crippen LogP contribution is 2.18. The van der Waals surface area contributed by atoms with Crippen LogP contribution < -0.4 is 10.8 Å². The summed E-state index contributed by atoms with van der Waals surface area (Å²) < 4.78 is 0. The number of nitrogens with zero attached hydrogens (tertiary/aromatic N) is 1. The molecule has 0 radical (unpaired) electrons. The van der Waals surface area contributed by atoms with Crippen molar-refractivity contribution in [2.75, 3.05) is 19.6 Å². The lowest BCUT2D eigenvalue weighted by atomic mass is 9.96. The molecular weight excluding hydrogens is 366 g/mol. The summed E-state index contributed by atoms with van der Waals surface area (Å²) in [7, 11) is 0. The summed E-state index contributed by atoms with van der Waals surface area (Å²) in [5.41, 5.74) is 4.15. The number of hydroxylamine groups is 1. The molecule has 0 atom stereocenters. The number of hydrogen-bond acceptors (Lipinski definition) is 4. The van der Waals surface area contributed by atoms with E-state index >= 15 is 0 Å². The molecule has 6 heteroatoms. The minimum atomic E-state index is -0.613. The van der Waals surface area contributed by atoms with Gasteiger partial charge in [0, 0.05) is 24.7 Å². The quantitative estimate of drug-likeness (QED) is 0.384. The van der Waals surface area contributed by atoms with Gasteiger partial charge >= 0.3 is 0 Å². The summed E-state index contributed by atoms with van der Waals surface area (Å²) in [4.78, 5) is 26.0. The van der Waals surface area contributed by atoms with Crippen LogP contribution >= 0.6 is 0 Å². The van der Waals surface area contributed by atoms with Gasteiger partial charge < -0.3 is 5.32 Å². The monoisotopic (exact) mass is 393 g/mol. The Morgan fingerprint density at radius 2 is 1.83 bits per heavy atom. The van der Waals surface area contributed by atoms with Crippen LogP contribution in [-0.4, -0.2) is 41.6 Å². The predicted molar refractivity (Wildman–Crippen MR) is 112 cm³/mol. The summed E-state index contributed by atoms with van der Waals surface area (Å²) in [5, 5.41) is 11.6. The maximum atomic E-state index is 12.5. The van der Waals surface area contributed by atoms with Crippen molar-refractivity contribution in [2.45, 2.75) is 19.4 Å². The molecule has 3 rings (SSSR count). The molecule has 0 aliphatic carbocycles. The smallest absolute Gasteiger partial charge is 0.267 e. The number of carbonyl (C=O) groups is 2. The summed E-state index contributed by atoms with van der Waals surface area (Å²) >= 11 is 0.